The third-order valence-corrected chi connectivity index (χ3v) is 1.43. The van der Waals surface area contributed by atoms with Crippen molar-refractivity contribution in [1.82, 2.24) is 4.98 Å². The van der Waals surface area contributed by atoms with Crippen LogP contribution in [0.1, 0.15) is 5.56 Å². The van der Waals surface area contributed by atoms with Crippen LogP contribution in [0.25, 0.3) is 5.57 Å². The number of amides is 1. The zero-order valence-corrected chi connectivity index (χ0v) is 6.45. The van der Waals surface area contributed by atoms with Crippen molar-refractivity contribution in [3.63, 3.8) is 0 Å². The second-order valence-corrected chi connectivity index (χ2v) is 2.31. The molecule has 0 atom stereocenters. The molecule has 0 aliphatic rings. The molecule has 1 rings (SSSR count). The fraction of sp³-hybridized carbons (Fsp3) is 0. The zero-order chi connectivity index (χ0) is 9.14. The Morgan fingerprint density at radius 3 is 2.58 bits per heavy atom. The van der Waals surface area contributed by atoms with Crippen LogP contribution in [0.2, 0.25) is 0 Å². The van der Waals surface area contributed by atoms with Crippen LogP contribution in [0.4, 0.5) is 5.82 Å². The van der Waals surface area contributed by atoms with Gasteiger partial charge in [0.25, 0.3) is 0 Å². The predicted molar refractivity (Wildman–Crippen MR) is 46.9 cm³/mol. The summed E-state index contributed by atoms with van der Waals surface area (Å²) in [5, 5.41) is 0. The maximum absolute atomic E-state index is 10.6. The summed E-state index contributed by atoms with van der Waals surface area (Å²) in [7, 11) is 0. The molecule has 62 valence electrons. The van der Waals surface area contributed by atoms with Crippen LogP contribution in [-0.4, -0.2) is 10.9 Å². The minimum absolute atomic E-state index is 0.238. The zero-order valence-electron chi connectivity index (χ0n) is 6.45. The number of rotatable bonds is 2. The maximum atomic E-state index is 10.6. The third kappa shape index (κ3) is 1.60. The molecule has 0 fully saturated rings. The van der Waals surface area contributed by atoms with E-state index in [1.807, 2.05) is 0 Å². The Morgan fingerprint density at radius 1 is 1.50 bits per heavy atom. The molecule has 0 aliphatic carbocycles. The SMILES string of the molecule is C=C(C(N)=O)c1ccc(N)nc1. The minimum Gasteiger partial charge on any atom is -0.384 e. The van der Waals surface area contributed by atoms with E-state index in [2.05, 4.69) is 11.6 Å². The highest BCUT2D eigenvalue weighted by Gasteiger charge is 2.03. The van der Waals surface area contributed by atoms with Gasteiger partial charge in [-0.2, -0.15) is 0 Å². The molecule has 0 aromatic carbocycles. The Labute approximate surface area is 69.9 Å². The molecular weight excluding hydrogens is 154 g/mol. The summed E-state index contributed by atoms with van der Waals surface area (Å²) in [6.45, 7) is 3.50. The first-order valence-electron chi connectivity index (χ1n) is 3.32. The van der Waals surface area contributed by atoms with Crippen LogP contribution >= 0.6 is 0 Å². The van der Waals surface area contributed by atoms with Crippen molar-refractivity contribution >= 4 is 17.3 Å². The number of anilines is 1. The number of carbonyl (C=O) groups excluding carboxylic acids is 1. The number of hydrogen-bond acceptors (Lipinski definition) is 3. The van der Waals surface area contributed by atoms with Crippen LogP contribution in [-0.2, 0) is 4.79 Å². The van der Waals surface area contributed by atoms with Crippen molar-refractivity contribution < 1.29 is 4.79 Å². The van der Waals surface area contributed by atoms with Crippen LogP contribution in [0, 0.1) is 0 Å². The molecule has 4 nitrogen and oxygen atoms in total. The quantitative estimate of drug-likeness (QED) is 0.609. The lowest BCUT2D eigenvalue weighted by atomic mass is 10.1. The Hall–Kier alpha value is -1.84. The smallest absolute Gasteiger partial charge is 0.248 e. The van der Waals surface area contributed by atoms with Crippen LogP contribution in [0.5, 0.6) is 0 Å². The van der Waals surface area contributed by atoms with E-state index >= 15 is 0 Å². The molecule has 4 N–H and O–H groups in total. The van der Waals surface area contributed by atoms with Crippen molar-refractivity contribution in [3.05, 3.63) is 30.5 Å². The Balaban J connectivity index is 2.98. The topological polar surface area (TPSA) is 82.0 Å². The average molecular weight is 163 g/mol. The first-order chi connectivity index (χ1) is 5.61. The van der Waals surface area contributed by atoms with Gasteiger partial charge in [0.2, 0.25) is 5.91 Å². The molecule has 0 radical (unpaired) electrons. The highest BCUT2D eigenvalue weighted by atomic mass is 16.1. The number of nitrogen functional groups attached to an aromatic ring is 1. The van der Waals surface area contributed by atoms with Gasteiger partial charge in [-0.25, -0.2) is 4.98 Å². The molecule has 0 unspecified atom stereocenters. The maximum Gasteiger partial charge on any atom is 0.248 e. The molecule has 1 heterocycles. The van der Waals surface area contributed by atoms with Crippen molar-refractivity contribution in [2.75, 3.05) is 5.73 Å². The molecular formula is C8H9N3O. The Bertz CT molecular complexity index is 316. The van der Waals surface area contributed by atoms with Gasteiger partial charge < -0.3 is 11.5 Å². The summed E-state index contributed by atoms with van der Waals surface area (Å²) in [4.78, 5) is 14.4. The molecule has 0 saturated heterocycles. The molecule has 0 aliphatic heterocycles. The first-order valence-corrected chi connectivity index (χ1v) is 3.32. The lowest BCUT2D eigenvalue weighted by Crippen LogP contribution is -2.12. The van der Waals surface area contributed by atoms with Crippen LogP contribution in [0.3, 0.4) is 0 Å². The second kappa shape index (κ2) is 3.04. The van der Waals surface area contributed by atoms with Gasteiger partial charge in [0, 0.05) is 17.3 Å². The summed E-state index contributed by atoms with van der Waals surface area (Å²) in [5.74, 6) is -0.155. The summed E-state index contributed by atoms with van der Waals surface area (Å²) >= 11 is 0. The molecule has 0 saturated carbocycles. The normalized spacial score (nSPS) is 9.33. The monoisotopic (exact) mass is 163 g/mol. The second-order valence-electron chi connectivity index (χ2n) is 2.31. The van der Waals surface area contributed by atoms with E-state index < -0.39 is 5.91 Å². The molecule has 1 aromatic rings. The number of nitrogens with zero attached hydrogens (tertiary/aromatic N) is 1. The highest BCUT2D eigenvalue weighted by Crippen LogP contribution is 2.10. The van der Waals surface area contributed by atoms with Gasteiger partial charge in [-0.3, -0.25) is 4.79 Å². The van der Waals surface area contributed by atoms with E-state index in [1.165, 1.54) is 6.20 Å². The molecule has 12 heavy (non-hydrogen) atoms. The van der Waals surface area contributed by atoms with E-state index in [0.29, 0.717) is 11.4 Å². The number of primary amides is 1. The van der Waals surface area contributed by atoms with E-state index in [1.54, 1.807) is 12.1 Å². The van der Waals surface area contributed by atoms with Crippen molar-refractivity contribution in [2.24, 2.45) is 5.73 Å². The third-order valence-electron chi connectivity index (χ3n) is 1.43. The molecule has 1 amide bonds. The van der Waals surface area contributed by atoms with Gasteiger partial charge in [-0.1, -0.05) is 6.58 Å². The predicted octanol–water partition coefficient (Wildman–Crippen LogP) is 0.162. The van der Waals surface area contributed by atoms with Crippen molar-refractivity contribution in [2.45, 2.75) is 0 Å². The standard InChI is InChI=1S/C8H9N3O/c1-5(8(10)12)6-2-3-7(9)11-4-6/h2-4H,1H2,(H2,9,11)(H2,10,12). The van der Waals surface area contributed by atoms with Gasteiger partial charge in [-0.05, 0) is 12.1 Å². The van der Waals surface area contributed by atoms with E-state index in [9.17, 15) is 4.79 Å². The van der Waals surface area contributed by atoms with Gasteiger partial charge in [0.05, 0.1) is 0 Å². The molecule has 0 bridgehead atoms. The Kier molecular flexibility index (Phi) is 2.09. The first kappa shape index (κ1) is 8.26. The fourth-order valence-corrected chi connectivity index (χ4v) is 0.726. The molecule has 1 aromatic heterocycles. The van der Waals surface area contributed by atoms with E-state index in [4.69, 9.17) is 11.5 Å². The number of aromatic nitrogens is 1. The van der Waals surface area contributed by atoms with Gasteiger partial charge in [0.1, 0.15) is 5.82 Å². The van der Waals surface area contributed by atoms with Gasteiger partial charge >= 0.3 is 0 Å². The average Bonchev–Trinajstić information content (AvgIpc) is 2.04. The lowest BCUT2D eigenvalue weighted by molar-refractivity contribution is -0.112. The molecule has 0 spiro atoms. The lowest BCUT2D eigenvalue weighted by Gasteiger charge is -1.99. The van der Waals surface area contributed by atoms with Crippen LogP contribution < -0.4 is 11.5 Å². The van der Waals surface area contributed by atoms with E-state index in [-0.39, 0.29) is 5.57 Å². The summed E-state index contributed by atoms with van der Waals surface area (Å²) < 4.78 is 0. The number of hydrogen-bond donors (Lipinski definition) is 2. The number of carbonyl (C=O) groups is 1. The summed E-state index contributed by atoms with van der Waals surface area (Å²) in [6.07, 6.45) is 1.46. The van der Waals surface area contributed by atoms with Gasteiger partial charge in [-0.15, -0.1) is 0 Å². The van der Waals surface area contributed by atoms with Gasteiger partial charge in [0.15, 0.2) is 0 Å². The van der Waals surface area contributed by atoms with E-state index in [0.717, 1.165) is 0 Å². The number of nitrogens with two attached hydrogens (primary N) is 2. The molecule has 4 heteroatoms. The fourth-order valence-electron chi connectivity index (χ4n) is 0.726. The summed E-state index contributed by atoms with van der Waals surface area (Å²) in [5.41, 5.74) is 11.2. The summed E-state index contributed by atoms with van der Waals surface area (Å²) in [6, 6.07) is 3.24. The number of pyridine rings is 1. The Morgan fingerprint density at radius 2 is 2.17 bits per heavy atom. The largest absolute Gasteiger partial charge is 0.384 e. The minimum atomic E-state index is -0.554. The van der Waals surface area contributed by atoms with Crippen molar-refractivity contribution in [1.29, 1.82) is 0 Å². The van der Waals surface area contributed by atoms with Crippen molar-refractivity contribution in [3.8, 4) is 0 Å². The van der Waals surface area contributed by atoms with Crippen LogP contribution in [0.15, 0.2) is 24.9 Å². The highest BCUT2D eigenvalue weighted by molar-refractivity contribution is 6.17.